The largest absolute Gasteiger partial charge is 0.456 e. The third-order valence-electron chi connectivity index (χ3n) is 4.13. The highest BCUT2D eigenvalue weighted by Gasteiger charge is 2.54. The van der Waals surface area contributed by atoms with Crippen molar-refractivity contribution in [2.45, 2.75) is 19.8 Å². The second-order valence-electron chi connectivity index (χ2n) is 5.07. The number of piperidine rings is 1. The lowest BCUT2D eigenvalue weighted by Crippen LogP contribution is -2.64. The van der Waals surface area contributed by atoms with Crippen molar-refractivity contribution < 1.29 is 14.3 Å². The number of rotatable bonds is 1. The molecule has 2 saturated heterocycles. The van der Waals surface area contributed by atoms with Gasteiger partial charge in [-0.05, 0) is 32.9 Å². The van der Waals surface area contributed by atoms with Crippen molar-refractivity contribution >= 4 is 11.9 Å². The van der Waals surface area contributed by atoms with Crippen LogP contribution in [0.1, 0.15) is 19.8 Å². The average molecular weight is 236 g/mol. The fourth-order valence-corrected chi connectivity index (χ4v) is 2.88. The lowest BCUT2D eigenvalue weighted by Gasteiger charge is -2.51. The number of carbonyl (C=O) groups excluding carboxylic acids is 2. The maximum absolute atomic E-state index is 12.3. The van der Waals surface area contributed by atoms with Gasteiger partial charge >= 0.3 is 5.97 Å². The number of carbonyl (C=O) groups is 2. The molecule has 5 nitrogen and oxygen atoms in total. The van der Waals surface area contributed by atoms with Crippen LogP contribution in [0.3, 0.4) is 0 Å². The Balaban J connectivity index is 1.78. The SMILES string of the molecule is CC1=C(N2CC3(CCNCC3)C2=O)COC1=O. The zero-order valence-corrected chi connectivity index (χ0v) is 9.91. The number of nitrogens with zero attached hydrogens (tertiary/aromatic N) is 1. The summed E-state index contributed by atoms with van der Waals surface area (Å²) in [6, 6.07) is 0. The zero-order valence-electron chi connectivity index (χ0n) is 9.91. The lowest BCUT2D eigenvalue weighted by molar-refractivity contribution is -0.159. The number of esters is 1. The predicted molar refractivity (Wildman–Crippen MR) is 59.9 cm³/mol. The molecule has 0 aromatic carbocycles. The minimum Gasteiger partial charge on any atom is -0.456 e. The van der Waals surface area contributed by atoms with Crippen molar-refractivity contribution in [2.24, 2.45) is 5.41 Å². The fourth-order valence-electron chi connectivity index (χ4n) is 2.88. The maximum Gasteiger partial charge on any atom is 0.336 e. The van der Waals surface area contributed by atoms with E-state index in [9.17, 15) is 9.59 Å². The first kappa shape index (κ1) is 10.8. The number of β-lactam (4-membered cyclic amide) rings is 1. The van der Waals surface area contributed by atoms with Crippen molar-refractivity contribution in [3.63, 3.8) is 0 Å². The molecule has 0 aromatic heterocycles. The van der Waals surface area contributed by atoms with Crippen molar-refractivity contribution in [2.75, 3.05) is 26.2 Å². The third kappa shape index (κ3) is 1.42. The highest BCUT2D eigenvalue weighted by molar-refractivity contribution is 5.96. The van der Waals surface area contributed by atoms with Crippen LogP contribution in [0.25, 0.3) is 0 Å². The van der Waals surface area contributed by atoms with E-state index in [4.69, 9.17) is 4.74 Å². The summed E-state index contributed by atoms with van der Waals surface area (Å²) in [6.07, 6.45) is 1.81. The van der Waals surface area contributed by atoms with E-state index in [1.165, 1.54) is 0 Å². The molecule has 0 unspecified atom stereocenters. The Bertz CT molecular complexity index is 421. The molecule has 3 aliphatic rings. The standard InChI is InChI=1S/C12H16N2O3/c1-8-9(6-17-10(8)15)14-7-12(11(14)16)2-4-13-5-3-12/h13H,2-7H2,1H3. The quantitative estimate of drug-likeness (QED) is 0.515. The Morgan fingerprint density at radius 1 is 1.29 bits per heavy atom. The van der Waals surface area contributed by atoms with Gasteiger partial charge in [0.05, 0.1) is 16.7 Å². The lowest BCUT2D eigenvalue weighted by atomic mass is 9.71. The van der Waals surface area contributed by atoms with E-state index < -0.39 is 0 Å². The van der Waals surface area contributed by atoms with Gasteiger partial charge in [0, 0.05) is 6.54 Å². The van der Waals surface area contributed by atoms with Gasteiger partial charge in [-0.3, -0.25) is 4.79 Å². The molecule has 0 saturated carbocycles. The minimum atomic E-state index is -0.293. The molecule has 1 N–H and O–H groups in total. The minimum absolute atomic E-state index is 0.163. The van der Waals surface area contributed by atoms with E-state index in [1.54, 1.807) is 11.8 Å². The van der Waals surface area contributed by atoms with Gasteiger partial charge in [0.25, 0.3) is 0 Å². The molecule has 92 valence electrons. The Morgan fingerprint density at radius 2 is 2.00 bits per heavy atom. The van der Waals surface area contributed by atoms with Gasteiger partial charge in [-0.1, -0.05) is 0 Å². The molecule has 1 spiro atoms. The van der Waals surface area contributed by atoms with Gasteiger partial charge in [-0.15, -0.1) is 0 Å². The number of hydrogen-bond donors (Lipinski definition) is 1. The third-order valence-corrected chi connectivity index (χ3v) is 4.13. The van der Waals surface area contributed by atoms with Crippen molar-refractivity contribution in [1.82, 2.24) is 10.2 Å². The molecule has 0 atom stereocenters. The van der Waals surface area contributed by atoms with Gasteiger partial charge in [0.1, 0.15) is 6.61 Å². The molecule has 0 bridgehead atoms. The Kier molecular flexibility index (Phi) is 2.26. The molecule has 0 radical (unpaired) electrons. The monoisotopic (exact) mass is 236 g/mol. The average Bonchev–Trinajstić information content (AvgIpc) is 2.68. The van der Waals surface area contributed by atoms with Crippen LogP contribution in [-0.4, -0.2) is 43.0 Å². The Morgan fingerprint density at radius 3 is 2.53 bits per heavy atom. The summed E-state index contributed by atoms with van der Waals surface area (Å²) in [5.74, 6) is -0.120. The van der Waals surface area contributed by atoms with Crippen LogP contribution < -0.4 is 5.32 Å². The molecule has 0 aromatic rings. The summed E-state index contributed by atoms with van der Waals surface area (Å²) in [6.45, 7) is 4.55. The van der Waals surface area contributed by atoms with Crippen LogP contribution >= 0.6 is 0 Å². The number of likely N-dealkylation sites (tertiary alicyclic amines) is 1. The van der Waals surface area contributed by atoms with Crippen LogP contribution in [0.5, 0.6) is 0 Å². The summed E-state index contributed by atoms with van der Waals surface area (Å²) in [5, 5.41) is 3.27. The number of nitrogens with one attached hydrogen (secondary N) is 1. The van der Waals surface area contributed by atoms with Crippen LogP contribution in [0.2, 0.25) is 0 Å². The van der Waals surface area contributed by atoms with E-state index in [1.807, 2.05) is 0 Å². The smallest absolute Gasteiger partial charge is 0.336 e. The van der Waals surface area contributed by atoms with Crippen LogP contribution in [0.15, 0.2) is 11.3 Å². The number of cyclic esters (lactones) is 1. The van der Waals surface area contributed by atoms with Gasteiger partial charge in [0.2, 0.25) is 5.91 Å². The van der Waals surface area contributed by atoms with Gasteiger partial charge < -0.3 is 15.0 Å². The molecule has 17 heavy (non-hydrogen) atoms. The van der Waals surface area contributed by atoms with Gasteiger partial charge in [-0.2, -0.15) is 0 Å². The van der Waals surface area contributed by atoms with E-state index in [2.05, 4.69) is 5.32 Å². The molecular weight excluding hydrogens is 220 g/mol. The summed E-state index contributed by atoms with van der Waals surface area (Å²) >= 11 is 0. The first-order chi connectivity index (χ1) is 8.14. The van der Waals surface area contributed by atoms with E-state index in [0.717, 1.165) is 38.2 Å². The molecule has 1 amide bonds. The molecule has 3 aliphatic heterocycles. The molecule has 0 aliphatic carbocycles. The predicted octanol–water partition coefficient (Wildman–Crippen LogP) is 0.0292. The van der Waals surface area contributed by atoms with Crippen molar-refractivity contribution in [3.8, 4) is 0 Å². The highest BCUT2D eigenvalue weighted by atomic mass is 16.5. The molecule has 3 rings (SSSR count). The molecule has 5 heteroatoms. The van der Waals surface area contributed by atoms with Crippen LogP contribution in [-0.2, 0) is 14.3 Å². The maximum atomic E-state index is 12.3. The summed E-state index contributed by atoms with van der Waals surface area (Å²) < 4.78 is 4.94. The number of ether oxygens (including phenoxy) is 1. The first-order valence-corrected chi connectivity index (χ1v) is 6.04. The normalized spacial score (nSPS) is 27.5. The summed E-state index contributed by atoms with van der Waals surface area (Å²) in [5.41, 5.74) is 1.19. The highest BCUT2D eigenvalue weighted by Crippen LogP contribution is 2.43. The van der Waals surface area contributed by atoms with Crippen LogP contribution in [0.4, 0.5) is 0 Å². The second kappa shape index (κ2) is 3.57. The molecular formula is C12H16N2O3. The van der Waals surface area contributed by atoms with Crippen molar-refractivity contribution in [1.29, 1.82) is 0 Å². The van der Waals surface area contributed by atoms with Crippen molar-refractivity contribution in [3.05, 3.63) is 11.3 Å². The van der Waals surface area contributed by atoms with E-state index in [0.29, 0.717) is 5.57 Å². The Labute approximate surface area is 99.8 Å². The molecule has 2 fully saturated rings. The van der Waals surface area contributed by atoms with Gasteiger partial charge in [0.15, 0.2) is 0 Å². The van der Waals surface area contributed by atoms with Crippen LogP contribution in [0, 0.1) is 5.41 Å². The summed E-state index contributed by atoms with van der Waals surface area (Å²) in [7, 11) is 0. The number of hydrogen-bond acceptors (Lipinski definition) is 4. The first-order valence-electron chi connectivity index (χ1n) is 6.04. The zero-order chi connectivity index (χ0) is 12.0. The second-order valence-corrected chi connectivity index (χ2v) is 5.07. The summed E-state index contributed by atoms with van der Waals surface area (Å²) in [4.78, 5) is 25.3. The molecule has 3 heterocycles. The fraction of sp³-hybridized carbons (Fsp3) is 0.667. The number of amides is 1. The Hall–Kier alpha value is -1.36. The topological polar surface area (TPSA) is 58.6 Å². The van der Waals surface area contributed by atoms with E-state index >= 15 is 0 Å². The van der Waals surface area contributed by atoms with E-state index in [-0.39, 0.29) is 23.9 Å². The van der Waals surface area contributed by atoms with Gasteiger partial charge in [-0.25, -0.2) is 4.79 Å².